The van der Waals surface area contributed by atoms with Crippen molar-refractivity contribution in [1.82, 2.24) is 10.6 Å². The predicted molar refractivity (Wildman–Crippen MR) is 126 cm³/mol. The number of carbonyl (C=O) groups is 2. The van der Waals surface area contributed by atoms with Crippen molar-refractivity contribution in [3.05, 3.63) is 83.9 Å². The average molecular weight is 434 g/mol. The Balaban J connectivity index is 1.62. The van der Waals surface area contributed by atoms with Crippen molar-refractivity contribution < 1.29 is 18.9 Å². The van der Waals surface area contributed by atoms with Gasteiger partial charge in [-0.25, -0.2) is 0 Å². The first-order valence-electron chi connectivity index (χ1n) is 10.9. The summed E-state index contributed by atoms with van der Waals surface area (Å²) in [5.74, 6) is -1.13. The van der Waals surface area contributed by atoms with Crippen LogP contribution in [-0.2, 0) is 31.9 Å². The fraction of sp³-hybridized carbons (Fsp3) is 0.360. The molecule has 0 aromatic heterocycles. The second-order valence-corrected chi connectivity index (χ2v) is 8.97. The molecule has 0 bridgehead atoms. The van der Waals surface area contributed by atoms with E-state index in [0.717, 1.165) is 11.1 Å². The molecular formula is C25H31BN2O4. The van der Waals surface area contributed by atoms with Crippen LogP contribution in [0.25, 0.3) is 0 Å². The van der Waals surface area contributed by atoms with Gasteiger partial charge in [0.05, 0.1) is 17.1 Å². The highest BCUT2D eigenvalue weighted by atomic mass is 16.7. The van der Waals surface area contributed by atoms with Crippen molar-refractivity contribution in [3.8, 4) is 0 Å². The van der Waals surface area contributed by atoms with Gasteiger partial charge >= 0.3 is 7.12 Å². The summed E-state index contributed by atoms with van der Waals surface area (Å²) >= 11 is 0. The predicted octanol–water partition coefficient (Wildman–Crippen LogP) is 3.22. The van der Waals surface area contributed by atoms with Gasteiger partial charge in [0.25, 0.3) is 0 Å². The van der Waals surface area contributed by atoms with Gasteiger partial charge in [-0.15, -0.1) is 0 Å². The summed E-state index contributed by atoms with van der Waals surface area (Å²) in [5.41, 5.74) is 1.02. The third kappa shape index (κ3) is 6.31. The van der Waals surface area contributed by atoms with E-state index in [9.17, 15) is 9.59 Å². The van der Waals surface area contributed by atoms with E-state index in [1.54, 1.807) is 0 Å². The van der Waals surface area contributed by atoms with Crippen LogP contribution >= 0.6 is 0 Å². The van der Waals surface area contributed by atoms with Gasteiger partial charge in [-0.2, -0.15) is 0 Å². The fourth-order valence-electron chi connectivity index (χ4n) is 3.36. The largest absolute Gasteiger partial charge is 0.482 e. The molecule has 1 atom stereocenters. The molecule has 6 nitrogen and oxygen atoms in total. The van der Waals surface area contributed by atoms with Gasteiger partial charge in [0.2, 0.25) is 11.8 Å². The van der Waals surface area contributed by atoms with Gasteiger partial charge < -0.3 is 19.9 Å². The van der Waals surface area contributed by atoms with E-state index >= 15 is 0 Å². The fourth-order valence-corrected chi connectivity index (χ4v) is 3.36. The average Bonchev–Trinajstić information content (AvgIpc) is 2.99. The molecule has 2 aromatic carbocycles. The number of hydrogen-bond donors (Lipinski definition) is 2. The van der Waals surface area contributed by atoms with Crippen LogP contribution in [0.4, 0.5) is 0 Å². The lowest BCUT2D eigenvalue weighted by Gasteiger charge is -2.32. The maximum Gasteiger partial charge on any atom is 0.482 e. The highest BCUT2D eigenvalue weighted by Crippen LogP contribution is 2.37. The number of carbonyl (C=O) groups excluding carboxylic acids is 2. The summed E-state index contributed by atoms with van der Waals surface area (Å²) in [6.07, 6.45) is 3.02. The first-order valence-corrected chi connectivity index (χ1v) is 10.9. The Morgan fingerprint density at radius 1 is 0.844 bits per heavy atom. The normalized spacial score (nSPS) is 17.8. The van der Waals surface area contributed by atoms with Gasteiger partial charge in [0, 0.05) is 18.7 Å². The van der Waals surface area contributed by atoms with Crippen molar-refractivity contribution in [2.45, 2.75) is 57.8 Å². The maximum absolute atomic E-state index is 12.6. The first-order chi connectivity index (χ1) is 15.2. The molecule has 0 saturated carbocycles. The van der Waals surface area contributed by atoms with Gasteiger partial charge in [-0.1, -0.05) is 60.7 Å². The van der Waals surface area contributed by atoms with Crippen molar-refractivity contribution in [2.75, 3.05) is 0 Å². The zero-order valence-corrected chi connectivity index (χ0v) is 19.1. The van der Waals surface area contributed by atoms with E-state index < -0.39 is 24.3 Å². The summed E-state index contributed by atoms with van der Waals surface area (Å²) in [5, 5.41) is 5.73. The Morgan fingerprint density at radius 3 is 1.91 bits per heavy atom. The molecule has 1 fully saturated rings. The molecule has 1 aliphatic rings. The second-order valence-electron chi connectivity index (χ2n) is 8.97. The molecule has 2 amide bonds. The molecule has 3 rings (SSSR count). The smallest absolute Gasteiger partial charge is 0.402 e. The van der Waals surface area contributed by atoms with Crippen LogP contribution < -0.4 is 10.6 Å². The molecule has 1 heterocycles. The lowest BCUT2D eigenvalue weighted by Crippen LogP contribution is -2.49. The highest BCUT2D eigenvalue weighted by molar-refractivity contribution is 6.48. The number of hydrogen-bond acceptors (Lipinski definition) is 4. The van der Waals surface area contributed by atoms with Crippen LogP contribution in [0.1, 0.15) is 38.8 Å². The van der Waals surface area contributed by atoms with Gasteiger partial charge in [-0.3, -0.25) is 9.59 Å². The van der Waals surface area contributed by atoms with Crippen LogP contribution in [0, 0.1) is 0 Å². The van der Waals surface area contributed by atoms with Gasteiger partial charge in [0.15, 0.2) is 0 Å². The van der Waals surface area contributed by atoms with Crippen molar-refractivity contribution in [3.63, 3.8) is 0 Å². The molecule has 1 saturated heterocycles. The summed E-state index contributed by atoms with van der Waals surface area (Å²) in [7, 11) is -0.607. The second kappa shape index (κ2) is 10.1. The molecule has 0 unspecified atom stereocenters. The summed E-state index contributed by atoms with van der Waals surface area (Å²) in [6, 6.07) is 19.4. The molecular weight excluding hydrogens is 403 g/mol. The van der Waals surface area contributed by atoms with E-state index in [2.05, 4.69) is 10.6 Å². The molecule has 32 heavy (non-hydrogen) atoms. The van der Waals surface area contributed by atoms with Crippen LogP contribution in [0.5, 0.6) is 0 Å². The Hall–Kier alpha value is -2.90. The lowest BCUT2D eigenvalue weighted by molar-refractivity contribution is -0.119. The molecule has 0 aliphatic carbocycles. The molecule has 168 valence electrons. The third-order valence-electron chi connectivity index (χ3n) is 5.92. The summed E-state index contributed by atoms with van der Waals surface area (Å²) in [6.45, 7) is 8.31. The number of benzene rings is 2. The van der Waals surface area contributed by atoms with E-state index in [0.29, 0.717) is 13.0 Å². The Bertz CT molecular complexity index is 929. The van der Waals surface area contributed by atoms with Crippen molar-refractivity contribution in [2.24, 2.45) is 0 Å². The highest BCUT2D eigenvalue weighted by Gasteiger charge is 2.54. The molecule has 0 spiro atoms. The third-order valence-corrected chi connectivity index (χ3v) is 5.92. The Kier molecular flexibility index (Phi) is 7.54. The zero-order chi connectivity index (χ0) is 23.2. The van der Waals surface area contributed by atoms with Crippen LogP contribution in [0.3, 0.4) is 0 Å². The summed E-state index contributed by atoms with van der Waals surface area (Å²) in [4.78, 5) is 24.7. The van der Waals surface area contributed by atoms with E-state index in [4.69, 9.17) is 9.31 Å². The van der Waals surface area contributed by atoms with E-state index in [1.807, 2.05) is 88.4 Å². The van der Waals surface area contributed by atoms with E-state index in [1.165, 1.54) is 12.2 Å². The molecule has 2 N–H and O–H groups in total. The van der Waals surface area contributed by atoms with Gasteiger partial charge in [-0.05, 0) is 45.2 Å². The topological polar surface area (TPSA) is 76.7 Å². The standard InChI is InChI=1S/C25H31BN2O4/c1-24(2)25(3,4)32-26(31-24)21(17-19-11-7-5-8-12-19)28-23(30)16-15-22(29)27-18-20-13-9-6-10-14-20/h5-16,21H,17-18H2,1-4H3,(H,27,29)(H,28,30)/b16-15+/t21-/m0/s1. The van der Waals surface area contributed by atoms with Crippen LogP contribution in [0.15, 0.2) is 72.8 Å². The first kappa shape index (κ1) is 23.8. The minimum absolute atomic E-state index is 0.334. The maximum atomic E-state index is 12.6. The monoisotopic (exact) mass is 434 g/mol. The number of rotatable bonds is 8. The van der Waals surface area contributed by atoms with Gasteiger partial charge in [0.1, 0.15) is 0 Å². The molecule has 7 heteroatoms. The zero-order valence-electron chi connectivity index (χ0n) is 19.1. The summed E-state index contributed by atoms with van der Waals surface area (Å²) < 4.78 is 12.3. The van der Waals surface area contributed by atoms with Crippen LogP contribution in [0.2, 0.25) is 0 Å². The van der Waals surface area contributed by atoms with Crippen LogP contribution in [-0.4, -0.2) is 36.1 Å². The Labute approximate surface area is 190 Å². The van der Waals surface area contributed by atoms with E-state index in [-0.39, 0.29) is 11.8 Å². The van der Waals surface area contributed by atoms with Crippen molar-refractivity contribution >= 4 is 18.9 Å². The Morgan fingerprint density at radius 2 is 1.34 bits per heavy atom. The minimum Gasteiger partial charge on any atom is -0.402 e. The SMILES string of the molecule is CC1(C)OB([C@H](Cc2ccccc2)NC(=O)/C=C/C(=O)NCc2ccccc2)OC1(C)C. The lowest BCUT2D eigenvalue weighted by atomic mass is 9.74. The van der Waals surface area contributed by atoms with Crippen molar-refractivity contribution in [1.29, 1.82) is 0 Å². The quantitative estimate of drug-likeness (QED) is 0.494. The molecule has 0 radical (unpaired) electrons. The molecule has 2 aromatic rings. The minimum atomic E-state index is -0.607. The number of nitrogens with one attached hydrogen (secondary N) is 2. The number of amides is 2. The molecule has 1 aliphatic heterocycles.